The Kier molecular flexibility index (Phi) is 2.80. The molecule has 1 aliphatic heterocycles. The molecule has 0 amide bonds. The summed E-state index contributed by atoms with van der Waals surface area (Å²) in [7, 11) is 0. The molecule has 0 radical (unpaired) electrons. The number of aromatic nitrogens is 4. The molecular weight excluding hydrogens is 315 g/mol. The molecule has 0 bridgehead atoms. The monoisotopic (exact) mass is 323 g/mol. The van der Waals surface area contributed by atoms with Gasteiger partial charge in [-0.25, -0.2) is 0 Å². The maximum absolute atomic E-state index is 12.8. The lowest BCUT2D eigenvalue weighted by Crippen LogP contribution is -2.13. The van der Waals surface area contributed by atoms with Crippen LogP contribution in [0.4, 0.5) is 24.7 Å². The SMILES string of the molecule is FC(F)(F)c1nnc2ccc(Nc3ccc4c(c3)OCO4)nn12. The van der Waals surface area contributed by atoms with Gasteiger partial charge in [-0.3, -0.25) is 0 Å². The molecule has 0 saturated heterocycles. The van der Waals surface area contributed by atoms with Crippen LogP contribution in [0.1, 0.15) is 5.82 Å². The Morgan fingerprint density at radius 3 is 2.70 bits per heavy atom. The number of fused-ring (bicyclic) bond motifs is 2. The van der Waals surface area contributed by atoms with E-state index in [0.717, 1.165) is 0 Å². The number of alkyl halides is 3. The van der Waals surface area contributed by atoms with Gasteiger partial charge in [-0.2, -0.15) is 17.7 Å². The third kappa shape index (κ3) is 2.37. The second-order valence-corrected chi connectivity index (χ2v) is 4.70. The van der Waals surface area contributed by atoms with Crippen molar-refractivity contribution in [2.75, 3.05) is 12.1 Å². The Balaban J connectivity index is 1.69. The summed E-state index contributed by atoms with van der Waals surface area (Å²) in [5.41, 5.74) is 0.608. The summed E-state index contributed by atoms with van der Waals surface area (Å²) in [5.74, 6) is 0.192. The highest BCUT2D eigenvalue weighted by Crippen LogP contribution is 2.35. The van der Waals surface area contributed by atoms with Crippen LogP contribution in [0.2, 0.25) is 0 Å². The van der Waals surface area contributed by atoms with E-state index >= 15 is 0 Å². The molecule has 0 atom stereocenters. The van der Waals surface area contributed by atoms with Crippen LogP contribution in [0.3, 0.4) is 0 Å². The van der Waals surface area contributed by atoms with Gasteiger partial charge in [-0.15, -0.1) is 15.3 Å². The van der Waals surface area contributed by atoms with E-state index in [1.165, 1.54) is 12.1 Å². The van der Waals surface area contributed by atoms with Crippen LogP contribution in [0, 0.1) is 0 Å². The van der Waals surface area contributed by atoms with Crippen molar-refractivity contribution >= 4 is 17.2 Å². The van der Waals surface area contributed by atoms with Gasteiger partial charge in [0.25, 0.3) is 5.82 Å². The molecule has 3 heterocycles. The zero-order chi connectivity index (χ0) is 16.0. The number of anilines is 2. The van der Waals surface area contributed by atoms with Crippen molar-refractivity contribution < 1.29 is 22.6 Å². The molecule has 0 fully saturated rings. The van der Waals surface area contributed by atoms with E-state index in [9.17, 15) is 13.2 Å². The fraction of sp³-hybridized carbons (Fsp3) is 0.154. The Morgan fingerprint density at radius 1 is 1.04 bits per heavy atom. The van der Waals surface area contributed by atoms with Gasteiger partial charge in [0.15, 0.2) is 23.0 Å². The molecule has 0 aliphatic carbocycles. The predicted octanol–water partition coefficient (Wildman–Crippen LogP) is 2.62. The molecule has 0 unspecified atom stereocenters. The average molecular weight is 323 g/mol. The Labute approximate surface area is 126 Å². The second kappa shape index (κ2) is 4.73. The van der Waals surface area contributed by atoms with Gasteiger partial charge in [-0.1, -0.05) is 0 Å². The van der Waals surface area contributed by atoms with Crippen LogP contribution in [-0.2, 0) is 6.18 Å². The van der Waals surface area contributed by atoms with E-state index in [0.29, 0.717) is 21.7 Å². The predicted molar refractivity (Wildman–Crippen MR) is 71.6 cm³/mol. The fourth-order valence-electron chi connectivity index (χ4n) is 2.15. The van der Waals surface area contributed by atoms with Gasteiger partial charge in [-0.05, 0) is 24.3 Å². The lowest BCUT2D eigenvalue weighted by atomic mass is 10.3. The van der Waals surface area contributed by atoms with Crippen LogP contribution in [-0.4, -0.2) is 26.6 Å². The number of nitrogens with one attached hydrogen (secondary N) is 1. The highest BCUT2D eigenvalue weighted by atomic mass is 19.4. The van der Waals surface area contributed by atoms with Crippen molar-refractivity contribution in [3.05, 3.63) is 36.2 Å². The lowest BCUT2D eigenvalue weighted by Gasteiger charge is -2.08. The Hall–Kier alpha value is -3.04. The number of halogens is 3. The quantitative estimate of drug-likeness (QED) is 0.781. The van der Waals surface area contributed by atoms with E-state index in [1.807, 2.05) is 0 Å². The van der Waals surface area contributed by atoms with Gasteiger partial charge in [0.05, 0.1) is 0 Å². The summed E-state index contributed by atoms with van der Waals surface area (Å²) < 4.78 is 49.6. The van der Waals surface area contributed by atoms with Crippen molar-refractivity contribution in [2.45, 2.75) is 6.18 Å². The molecule has 7 nitrogen and oxygen atoms in total. The number of hydrogen-bond donors (Lipinski definition) is 1. The third-order valence-electron chi connectivity index (χ3n) is 3.16. The van der Waals surface area contributed by atoms with Crippen molar-refractivity contribution in [2.24, 2.45) is 0 Å². The molecular formula is C13H8F3N5O2. The number of rotatable bonds is 2. The molecule has 118 valence electrons. The number of benzene rings is 1. The summed E-state index contributed by atoms with van der Waals surface area (Å²) in [5, 5.41) is 13.4. The molecule has 4 rings (SSSR count). The smallest absolute Gasteiger partial charge is 0.453 e. The van der Waals surface area contributed by atoms with Crippen molar-refractivity contribution in [1.29, 1.82) is 0 Å². The van der Waals surface area contributed by atoms with Crippen molar-refractivity contribution in [1.82, 2.24) is 19.8 Å². The first-order valence-corrected chi connectivity index (χ1v) is 6.47. The Bertz CT molecular complexity index is 893. The summed E-state index contributed by atoms with van der Waals surface area (Å²) >= 11 is 0. The first kappa shape index (κ1) is 13.6. The topological polar surface area (TPSA) is 73.6 Å². The normalized spacial score (nSPS) is 13.5. The van der Waals surface area contributed by atoms with Gasteiger partial charge < -0.3 is 14.8 Å². The van der Waals surface area contributed by atoms with Gasteiger partial charge in [0, 0.05) is 11.8 Å². The highest BCUT2D eigenvalue weighted by Gasteiger charge is 2.37. The van der Waals surface area contributed by atoms with Crippen LogP contribution in [0.15, 0.2) is 30.3 Å². The van der Waals surface area contributed by atoms with Gasteiger partial charge in [0.1, 0.15) is 0 Å². The first-order valence-electron chi connectivity index (χ1n) is 6.47. The van der Waals surface area contributed by atoms with E-state index in [2.05, 4.69) is 20.6 Å². The third-order valence-corrected chi connectivity index (χ3v) is 3.16. The first-order chi connectivity index (χ1) is 11.0. The fourth-order valence-corrected chi connectivity index (χ4v) is 2.15. The van der Waals surface area contributed by atoms with Gasteiger partial charge >= 0.3 is 6.18 Å². The van der Waals surface area contributed by atoms with Crippen LogP contribution in [0.5, 0.6) is 11.5 Å². The maximum Gasteiger partial charge on any atom is 0.453 e. The standard InChI is InChI=1S/C13H8F3N5O2/c14-13(15,16)12-19-18-11-4-3-10(20-21(11)12)17-7-1-2-8-9(5-7)23-6-22-8/h1-5H,6H2,(H,17,20). The summed E-state index contributed by atoms with van der Waals surface area (Å²) in [6.07, 6.45) is -4.64. The molecule has 1 aliphatic rings. The zero-order valence-electron chi connectivity index (χ0n) is 11.3. The average Bonchev–Trinajstić information content (AvgIpc) is 3.11. The molecule has 3 aromatic rings. The molecule has 1 N–H and O–H groups in total. The minimum absolute atomic E-state index is 0.00793. The van der Waals surface area contributed by atoms with Gasteiger partial charge in [0.2, 0.25) is 6.79 Å². The molecule has 0 spiro atoms. The maximum atomic E-state index is 12.8. The minimum atomic E-state index is -4.64. The van der Waals surface area contributed by atoms with Crippen LogP contribution < -0.4 is 14.8 Å². The molecule has 0 saturated carbocycles. The lowest BCUT2D eigenvalue weighted by molar-refractivity contribution is -0.146. The highest BCUT2D eigenvalue weighted by molar-refractivity contribution is 5.62. The summed E-state index contributed by atoms with van der Waals surface area (Å²) in [4.78, 5) is 0. The molecule has 23 heavy (non-hydrogen) atoms. The molecule has 1 aromatic carbocycles. The molecule has 10 heteroatoms. The van der Waals surface area contributed by atoms with E-state index < -0.39 is 12.0 Å². The van der Waals surface area contributed by atoms with E-state index in [1.54, 1.807) is 18.2 Å². The van der Waals surface area contributed by atoms with Crippen molar-refractivity contribution in [3.63, 3.8) is 0 Å². The van der Waals surface area contributed by atoms with E-state index in [4.69, 9.17) is 9.47 Å². The van der Waals surface area contributed by atoms with Crippen LogP contribution >= 0.6 is 0 Å². The summed E-state index contributed by atoms with van der Waals surface area (Å²) in [6.45, 7) is 0.138. The molecule has 2 aromatic heterocycles. The second-order valence-electron chi connectivity index (χ2n) is 4.70. The minimum Gasteiger partial charge on any atom is -0.454 e. The zero-order valence-corrected chi connectivity index (χ0v) is 11.3. The number of hydrogen-bond acceptors (Lipinski definition) is 6. The van der Waals surface area contributed by atoms with E-state index in [-0.39, 0.29) is 18.3 Å². The number of nitrogens with zero attached hydrogens (tertiary/aromatic N) is 4. The largest absolute Gasteiger partial charge is 0.454 e. The van der Waals surface area contributed by atoms with Crippen molar-refractivity contribution in [3.8, 4) is 11.5 Å². The number of ether oxygens (including phenoxy) is 2. The van der Waals surface area contributed by atoms with Crippen LogP contribution in [0.25, 0.3) is 5.65 Å². The summed E-state index contributed by atoms with van der Waals surface area (Å²) in [6, 6.07) is 7.98. The Morgan fingerprint density at radius 2 is 1.87 bits per heavy atom.